The number of hydrogen-bond acceptors (Lipinski definition) is 18. The lowest BCUT2D eigenvalue weighted by Crippen LogP contribution is -2.28. The number of aryl methyl sites for hydroxylation is 2. The fraction of sp³-hybridized carbons (Fsp3) is 0.133. The molecule has 7 rings (SSSR count). The highest BCUT2D eigenvalue weighted by Gasteiger charge is 2.19. The Morgan fingerprint density at radius 2 is 0.884 bits per heavy atom. The van der Waals surface area contributed by atoms with E-state index in [0.717, 1.165) is 22.8 Å². The van der Waals surface area contributed by atoms with Crippen molar-refractivity contribution >= 4 is 81.8 Å². The number of rotatable bonds is 17. The number of aromatic nitrogens is 3. The third-order valence-corrected chi connectivity index (χ3v) is 12.2. The summed E-state index contributed by atoms with van der Waals surface area (Å²) in [6, 6.07) is 35.6. The Labute approximate surface area is 396 Å². The second-order valence-electron chi connectivity index (χ2n) is 15.2. The molecule has 21 nitrogen and oxygen atoms in total. The number of hydrogen-bond donors (Lipinski definition) is 3. The van der Waals surface area contributed by atoms with Crippen LogP contribution < -0.4 is 4.90 Å². The molecule has 0 amide bonds. The molecular formula is C45H40N12O9S3. The van der Waals surface area contributed by atoms with Crippen molar-refractivity contribution in [2.75, 3.05) is 17.8 Å². The topological polar surface area (TPSA) is 304 Å². The highest BCUT2D eigenvalue weighted by molar-refractivity contribution is 7.86. The van der Waals surface area contributed by atoms with Gasteiger partial charge in [-0.3, -0.25) is 13.7 Å². The van der Waals surface area contributed by atoms with E-state index in [0.29, 0.717) is 51.3 Å². The van der Waals surface area contributed by atoms with E-state index in [1.807, 2.05) is 31.2 Å². The molecule has 0 saturated carbocycles. The van der Waals surface area contributed by atoms with E-state index < -0.39 is 41.1 Å². The average molecular weight is 989 g/mol. The largest absolute Gasteiger partial charge is 0.327 e. The molecule has 24 heteroatoms. The zero-order valence-corrected chi connectivity index (χ0v) is 39.2. The first-order valence-corrected chi connectivity index (χ1v) is 24.8. The van der Waals surface area contributed by atoms with Crippen molar-refractivity contribution in [2.24, 2.45) is 40.9 Å². The number of nitrogens with zero attached hydrogens (tertiary/aromatic N) is 12. The quantitative estimate of drug-likeness (QED) is 0.0565. The molecule has 352 valence electrons. The summed E-state index contributed by atoms with van der Waals surface area (Å²) in [7, 11) is -12.0. The SMILES string of the molecule is Cc1cc(Cc2nc(Cc3ccc(N=Nc4ccc(N=Nc5ccccc5)cc4S(=O)(=O)O)c(C)c3)nc(N(C)CS(=O)(=O)O)n2)ccc1N=Nc1ccc(N=Nc2ccc(S(=O)(=O)O)cc2)cc1. The number of anilines is 1. The Bertz CT molecular complexity index is 3490. The summed E-state index contributed by atoms with van der Waals surface area (Å²) in [6.07, 6.45) is 0.407. The molecule has 0 aliphatic rings. The highest BCUT2D eigenvalue weighted by atomic mass is 32.2. The molecule has 6 aromatic carbocycles. The van der Waals surface area contributed by atoms with Gasteiger partial charge in [-0.1, -0.05) is 42.5 Å². The maximum atomic E-state index is 12.3. The normalized spacial score (nSPS) is 12.5. The second-order valence-corrected chi connectivity index (χ2v) is 19.5. The summed E-state index contributed by atoms with van der Waals surface area (Å²) < 4.78 is 99.4. The van der Waals surface area contributed by atoms with Crippen LogP contribution in [0.3, 0.4) is 0 Å². The van der Waals surface area contributed by atoms with Gasteiger partial charge in [0, 0.05) is 19.9 Å². The first-order valence-electron chi connectivity index (χ1n) is 20.3. The monoisotopic (exact) mass is 988 g/mol. The van der Waals surface area contributed by atoms with Gasteiger partial charge in [0.1, 0.15) is 28.1 Å². The van der Waals surface area contributed by atoms with E-state index in [-0.39, 0.29) is 35.1 Å². The van der Waals surface area contributed by atoms with E-state index in [4.69, 9.17) is 9.54 Å². The van der Waals surface area contributed by atoms with Crippen molar-refractivity contribution in [3.05, 3.63) is 167 Å². The van der Waals surface area contributed by atoms with Gasteiger partial charge in [-0.15, -0.1) is 5.11 Å². The van der Waals surface area contributed by atoms with Gasteiger partial charge in [0.05, 0.1) is 44.7 Å². The minimum absolute atomic E-state index is 0.0147. The first kappa shape index (κ1) is 49.2. The minimum Gasteiger partial charge on any atom is -0.327 e. The predicted molar refractivity (Wildman–Crippen MR) is 255 cm³/mol. The van der Waals surface area contributed by atoms with Gasteiger partial charge < -0.3 is 4.90 Å². The van der Waals surface area contributed by atoms with Crippen molar-refractivity contribution in [2.45, 2.75) is 36.5 Å². The van der Waals surface area contributed by atoms with Crippen LogP contribution in [0.15, 0.2) is 184 Å². The molecule has 0 bridgehead atoms. The van der Waals surface area contributed by atoms with Crippen LogP contribution in [0.2, 0.25) is 0 Å². The zero-order chi connectivity index (χ0) is 49.3. The van der Waals surface area contributed by atoms with Crippen LogP contribution >= 0.6 is 0 Å². The van der Waals surface area contributed by atoms with Gasteiger partial charge in [-0.25, -0.2) is 4.98 Å². The van der Waals surface area contributed by atoms with E-state index in [2.05, 4.69) is 50.9 Å². The summed E-state index contributed by atoms with van der Waals surface area (Å²) in [5.74, 6) is -0.128. The maximum absolute atomic E-state index is 12.3. The van der Waals surface area contributed by atoms with Crippen molar-refractivity contribution < 1.29 is 38.9 Å². The summed E-state index contributed by atoms with van der Waals surface area (Å²) in [5.41, 5.74) is 6.05. The lowest BCUT2D eigenvalue weighted by atomic mass is 10.1. The summed E-state index contributed by atoms with van der Waals surface area (Å²) >= 11 is 0. The van der Waals surface area contributed by atoms with Gasteiger partial charge in [0.2, 0.25) is 5.95 Å². The van der Waals surface area contributed by atoms with E-state index in [1.165, 1.54) is 48.3 Å². The third-order valence-electron chi connectivity index (χ3n) is 9.72. The Balaban J connectivity index is 1.05. The van der Waals surface area contributed by atoms with Crippen molar-refractivity contribution in [1.82, 2.24) is 15.0 Å². The maximum Gasteiger partial charge on any atom is 0.296 e. The van der Waals surface area contributed by atoms with Gasteiger partial charge in [0.15, 0.2) is 0 Å². The van der Waals surface area contributed by atoms with E-state index in [1.54, 1.807) is 73.7 Å². The second kappa shape index (κ2) is 21.1. The van der Waals surface area contributed by atoms with Crippen LogP contribution in [-0.2, 0) is 43.2 Å². The van der Waals surface area contributed by atoms with Crippen LogP contribution in [0.5, 0.6) is 0 Å². The van der Waals surface area contributed by atoms with Crippen molar-refractivity contribution in [3.8, 4) is 0 Å². The fourth-order valence-electron chi connectivity index (χ4n) is 6.40. The fourth-order valence-corrected chi connectivity index (χ4v) is 8.13. The summed E-state index contributed by atoms with van der Waals surface area (Å²) in [6.45, 7) is 3.64. The standard InChI is InChI=1S/C45H40N12O9S3/c1-29-23-31(9-20-39(29)54-52-35-13-11-34(12-14-35)50-51-36-15-18-38(19-16-36)68(61,62)63)25-43-46-44(48-45(47-43)57(3)28-67(58,59)60)26-32-10-21-40(30(2)24-32)55-56-41-22-17-37(27-42(41)69(64,65)66)53-49-33-7-5-4-6-8-33/h4-24,27H,25-26,28H2,1-3H3,(H,58,59,60)(H,61,62,63)(H,64,65,66). The number of azo groups is 4. The smallest absolute Gasteiger partial charge is 0.296 e. The summed E-state index contributed by atoms with van der Waals surface area (Å²) in [5, 5.41) is 33.5. The van der Waals surface area contributed by atoms with Crippen LogP contribution in [0.4, 0.5) is 51.4 Å². The predicted octanol–water partition coefficient (Wildman–Crippen LogP) is 11.1. The molecule has 1 heterocycles. The first-order chi connectivity index (χ1) is 32.7. The molecular weight excluding hydrogens is 949 g/mol. The van der Waals surface area contributed by atoms with Gasteiger partial charge in [0.25, 0.3) is 30.4 Å². The molecule has 0 aliphatic heterocycles. The molecule has 0 fully saturated rings. The zero-order valence-electron chi connectivity index (χ0n) is 36.7. The molecule has 7 aromatic rings. The molecule has 0 unspecified atom stereocenters. The lowest BCUT2D eigenvalue weighted by molar-refractivity contribution is 0.480. The van der Waals surface area contributed by atoms with Gasteiger partial charge in [-0.05, 0) is 127 Å². The Kier molecular flexibility index (Phi) is 15.0. The third kappa shape index (κ3) is 14.1. The molecule has 0 saturated heterocycles. The van der Waals surface area contributed by atoms with E-state index in [9.17, 15) is 34.4 Å². The molecule has 0 aliphatic carbocycles. The van der Waals surface area contributed by atoms with Crippen molar-refractivity contribution in [3.63, 3.8) is 0 Å². The van der Waals surface area contributed by atoms with E-state index >= 15 is 0 Å². The average Bonchev–Trinajstić information content (AvgIpc) is 3.29. The van der Waals surface area contributed by atoms with Crippen LogP contribution in [0.25, 0.3) is 0 Å². The van der Waals surface area contributed by atoms with Gasteiger partial charge >= 0.3 is 0 Å². The molecule has 0 atom stereocenters. The number of benzene rings is 6. The summed E-state index contributed by atoms with van der Waals surface area (Å²) in [4.78, 5) is 14.1. The van der Waals surface area contributed by atoms with Crippen LogP contribution in [0.1, 0.15) is 33.9 Å². The highest BCUT2D eigenvalue weighted by Crippen LogP contribution is 2.33. The van der Waals surface area contributed by atoms with Gasteiger partial charge in [-0.2, -0.15) is 71.0 Å². The Morgan fingerprint density at radius 3 is 1.36 bits per heavy atom. The molecule has 0 spiro atoms. The van der Waals surface area contributed by atoms with Crippen molar-refractivity contribution in [1.29, 1.82) is 0 Å². The Hall–Kier alpha value is -7.74. The minimum atomic E-state index is -4.72. The molecule has 0 radical (unpaired) electrons. The molecule has 3 N–H and O–H groups in total. The Morgan fingerprint density at radius 1 is 0.464 bits per heavy atom. The molecule has 69 heavy (non-hydrogen) atoms. The molecule has 1 aromatic heterocycles. The lowest BCUT2D eigenvalue weighted by Gasteiger charge is -2.17. The van der Waals surface area contributed by atoms with Crippen LogP contribution in [-0.4, -0.2) is 66.8 Å². The van der Waals surface area contributed by atoms with Crippen LogP contribution in [0, 0.1) is 13.8 Å².